The van der Waals surface area contributed by atoms with E-state index < -0.39 is 0 Å². The highest BCUT2D eigenvalue weighted by Gasteiger charge is 1.98. The average Bonchev–Trinajstić information content (AvgIpc) is 2.19. The van der Waals surface area contributed by atoms with Crippen molar-refractivity contribution in [3.63, 3.8) is 0 Å². The van der Waals surface area contributed by atoms with Crippen molar-refractivity contribution in [1.29, 1.82) is 0 Å². The molecule has 16 heavy (non-hydrogen) atoms. The molecule has 0 saturated carbocycles. The minimum absolute atomic E-state index is 0.00914. The van der Waals surface area contributed by atoms with Gasteiger partial charge in [-0.15, -0.1) is 0 Å². The molecule has 0 spiro atoms. The highest BCUT2D eigenvalue weighted by atomic mass is 16.5. The smallest absolute Gasteiger partial charge is 0.221 e. The second kappa shape index (κ2) is 6.02. The molecule has 86 valence electrons. The van der Waals surface area contributed by atoms with E-state index in [1.54, 1.807) is 12.1 Å². The van der Waals surface area contributed by atoms with Crippen LogP contribution in [0.4, 0.5) is 5.69 Å². The van der Waals surface area contributed by atoms with E-state index in [1.807, 2.05) is 12.1 Å². The first-order valence-corrected chi connectivity index (χ1v) is 5.01. The Morgan fingerprint density at radius 2 is 1.81 bits per heavy atom. The fraction of sp³-hybridized carbons (Fsp3) is 0.333. The monoisotopic (exact) mass is 221 g/mol. The number of ketones is 1. The summed E-state index contributed by atoms with van der Waals surface area (Å²) >= 11 is 0. The van der Waals surface area contributed by atoms with Gasteiger partial charge in [-0.25, -0.2) is 0 Å². The number of nitrogens with one attached hydrogen (secondary N) is 1. The minimum atomic E-state index is -0.0967. The lowest BCUT2D eigenvalue weighted by Crippen LogP contribution is -2.06. The summed E-state index contributed by atoms with van der Waals surface area (Å²) in [6.07, 6.45) is 0. The Bertz CT molecular complexity index is 370. The van der Waals surface area contributed by atoms with E-state index in [0.717, 1.165) is 11.3 Å². The Labute approximate surface area is 94.6 Å². The number of Topliss-reactive ketones (excluding diaryl/α,β-unsaturated/α-hetero) is 1. The molecule has 0 aromatic heterocycles. The summed E-state index contributed by atoms with van der Waals surface area (Å²) in [5, 5.41) is 2.67. The zero-order valence-electron chi connectivity index (χ0n) is 9.45. The van der Waals surface area contributed by atoms with Gasteiger partial charge in [0, 0.05) is 12.6 Å². The summed E-state index contributed by atoms with van der Waals surface area (Å²) in [5.74, 6) is -0.0875. The Morgan fingerprint density at radius 3 is 2.31 bits per heavy atom. The molecule has 0 unspecified atom stereocenters. The second-order valence-corrected chi connectivity index (χ2v) is 3.57. The van der Waals surface area contributed by atoms with Crippen molar-refractivity contribution < 1.29 is 14.3 Å². The van der Waals surface area contributed by atoms with Crippen LogP contribution in [0.25, 0.3) is 0 Å². The SMILES string of the molecule is CC(=O)COCc1ccc(NC(C)=O)cc1. The molecular formula is C12H15NO3. The molecule has 4 heteroatoms. The largest absolute Gasteiger partial charge is 0.369 e. The van der Waals surface area contributed by atoms with E-state index in [4.69, 9.17) is 4.74 Å². The summed E-state index contributed by atoms with van der Waals surface area (Å²) in [6, 6.07) is 7.30. The van der Waals surface area contributed by atoms with Crippen molar-refractivity contribution in [3.05, 3.63) is 29.8 Å². The van der Waals surface area contributed by atoms with Crippen molar-refractivity contribution in [2.75, 3.05) is 11.9 Å². The van der Waals surface area contributed by atoms with Gasteiger partial charge in [-0.3, -0.25) is 9.59 Å². The van der Waals surface area contributed by atoms with E-state index in [1.165, 1.54) is 13.8 Å². The van der Waals surface area contributed by atoms with Gasteiger partial charge in [0.15, 0.2) is 5.78 Å². The van der Waals surface area contributed by atoms with Crippen LogP contribution in [0.2, 0.25) is 0 Å². The molecule has 0 heterocycles. The van der Waals surface area contributed by atoms with Crippen LogP contribution in [-0.2, 0) is 20.9 Å². The van der Waals surface area contributed by atoms with Crippen LogP contribution in [0.5, 0.6) is 0 Å². The number of hydrogen-bond acceptors (Lipinski definition) is 3. The molecule has 1 N–H and O–H groups in total. The first-order chi connectivity index (χ1) is 7.58. The highest BCUT2D eigenvalue weighted by Crippen LogP contribution is 2.10. The van der Waals surface area contributed by atoms with Gasteiger partial charge in [0.2, 0.25) is 5.91 Å². The summed E-state index contributed by atoms with van der Waals surface area (Å²) in [5.41, 5.74) is 1.72. The zero-order valence-corrected chi connectivity index (χ0v) is 9.45. The Hall–Kier alpha value is -1.68. The molecule has 4 nitrogen and oxygen atoms in total. The molecule has 0 atom stereocenters. The summed E-state index contributed by atoms with van der Waals surface area (Å²) < 4.78 is 5.17. The molecule has 0 saturated heterocycles. The standard InChI is InChI=1S/C12H15NO3/c1-9(14)7-16-8-11-3-5-12(6-4-11)13-10(2)15/h3-6H,7-8H2,1-2H3,(H,13,15). The maximum atomic E-state index is 10.8. The first kappa shape index (κ1) is 12.4. The molecule has 1 aromatic carbocycles. The van der Waals surface area contributed by atoms with Crippen molar-refractivity contribution >= 4 is 17.4 Å². The van der Waals surface area contributed by atoms with Gasteiger partial charge in [-0.2, -0.15) is 0 Å². The van der Waals surface area contributed by atoms with Crippen LogP contribution >= 0.6 is 0 Å². The first-order valence-electron chi connectivity index (χ1n) is 5.01. The number of benzene rings is 1. The molecule has 1 amide bonds. The molecule has 0 aliphatic heterocycles. The average molecular weight is 221 g/mol. The molecular weight excluding hydrogens is 206 g/mol. The van der Waals surface area contributed by atoms with E-state index in [0.29, 0.717) is 6.61 Å². The molecule has 0 fully saturated rings. The lowest BCUT2D eigenvalue weighted by atomic mass is 10.2. The fourth-order valence-electron chi connectivity index (χ4n) is 1.20. The number of rotatable bonds is 5. The topological polar surface area (TPSA) is 55.4 Å². The van der Waals surface area contributed by atoms with Crippen LogP contribution in [0, 0.1) is 0 Å². The lowest BCUT2D eigenvalue weighted by Gasteiger charge is -2.04. The zero-order chi connectivity index (χ0) is 12.0. The molecule has 0 aliphatic carbocycles. The Kier molecular flexibility index (Phi) is 4.66. The molecule has 0 radical (unpaired) electrons. The van der Waals surface area contributed by atoms with Crippen LogP contribution in [0.1, 0.15) is 19.4 Å². The third-order valence-corrected chi connectivity index (χ3v) is 1.85. The number of ether oxygens (including phenoxy) is 1. The van der Waals surface area contributed by atoms with E-state index in [-0.39, 0.29) is 18.3 Å². The van der Waals surface area contributed by atoms with Crippen LogP contribution < -0.4 is 5.32 Å². The second-order valence-electron chi connectivity index (χ2n) is 3.57. The van der Waals surface area contributed by atoms with Crippen molar-refractivity contribution in [3.8, 4) is 0 Å². The predicted octanol–water partition coefficient (Wildman–Crippen LogP) is 1.75. The van der Waals surface area contributed by atoms with E-state index in [2.05, 4.69) is 5.32 Å². The Morgan fingerprint density at radius 1 is 1.19 bits per heavy atom. The van der Waals surface area contributed by atoms with Gasteiger partial charge in [0.25, 0.3) is 0 Å². The number of amides is 1. The van der Waals surface area contributed by atoms with Gasteiger partial charge in [0.1, 0.15) is 6.61 Å². The number of carbonyl (C=O) groups excluding carboxylic acids is 2. The predicted molar refractivity (Wildman–Crippen MR) is 61.1 cm³/mol. The molecule has 1 rings (SSSR count). The van der Waals surface area contributed by atoms with Crippen LogP contribution in [-0.4, -0.2) is 18.3 Å². The normalized spacial score (nSPS) is 9.88. The third-order valence-electron chi connectivity index (χ3n) is 1.85. The van der Waals surface area contributed by atoms with Gasteiger partial charge in [0.05, 0.1) is 6.61 Å². The maximum Gasteiger partial charge on any atom is 0.221 e. The molecule has 0 aliphatic rings. The number of hydrogen-bond donors (Lipinski definition) is 1. The lowest BCUT2D eigenvalue weighted by molar-refractivity contribution is -0.121. The third kappa shape index (κ3) is 4.70. The van der Waals surface area contributed by atoms with Gasteiger partial charge in [-0.05, 0) is 24.6 Å². The molecule has 1 aromatic rings. The van der Waals surface area contributed by atoms with Gasteiger partial charge < -0.3 is 10.1 Å². The summed E-state index contributed by atoms with van der Waals surface area (Å²) in [4.78, 5) is 21.4. The van der Waals surface area contributed by atoms with Crippen molar-refractivity contribution in [2.24, 2.45) is 0 Å². The van der Waals surface area contributed by atoms with Crippen molar-refractivity contribution in [1.82, 2.24) is 0 Å². The minimum Gasteiger partial charge on any atom is -0.369 e. The fourth-order valence-corrected chi connectivity index (χ4v) is 1.20. The number of anilines is 1. The van der Waals surface area contributed by atoms with Crippen molar-refractivity contribution in [2.45, 2.75) is 20.5 Å². The van der Waals surface area contributed by atoms with Gasteiger partial charge >= 0.3 is 0 Å². The number of carbonyl (C=O) groups is 2. The quantitative estimate of drug-likeness (QED) is 0.824. The maximum absolute atomic E-state index is 10.8. The van der Waals surface area contributed by atoms with E-state index >= 15 is 0 Å². The van der Waals surface area contributed by atoms with Crippen LogP contribution in [0.15, 0.2) is 24.3 Å². The Balaban J connectivity index is 2.45. The summed E-state index contributed by atoms with van der Waals surface area (Å²) in [7, 11) is 0. The summed E-state index contributed by atoms with van der Waals surface area (Å²) in [6.45, 7) is 3.48. The van der Waals surface area contributed by atoms with E-state index in [9.17, 15) is 9.59 Å². The highest BCUT2D eigenvalue weighted by molar-refractivity contribution is 5.88. The van der Waals surface area contributed by atoms with Gasteiger partial charge in [-0.1, -0.05) is 12.1 Å². The van der Waals surface area contributed by atoms with Crippen LogP contribution in [0.3, 0.4) is 0 Å². The molecule has 0 bridgehead atoms.